The van der Waals surface area contributed by atoms with E-state index >= 15 is 0 Å². The molecule has 4 aliphatic rings. The number of alkyl halides is 3. The summed E-state index contributed by atoms with van der Waals surface area (Å²) in [5.74, 6) is 0.569. The highest BCUT2D eigenvalue weighted by atomic mass is 79.9. The predicted octanol–water partition coefficient (Wildman–Crippen LogP) is 4.89. The van der Waals surface area contributed by atoms with Gasteiger partial charge in [-0.2, -0.15) is 8.78 Å². The van der Waals surface area contributed by atoms with Crippen LogP contribution in [0, 0.1) is 17.3 Å². The van der Waals surface area contributed by atoms with Crippen molar-refractivity contribution in [2.24, 2.45) is 17.3 Å². The topological polar surface area (TPSA) is 64.6 Å². The number of anilines is 1. The summed E-state index contributed by atoms with van der Waals surface area (Å²) in [5.41, 5.74) is 0.414. The molecule has 4 fully saturated rings. The molecule has 0 heterocycles. The van der Waals surface area contributed by atoms with Crippen molar-refractivity contribution in [1.82, 2.24) is 0 Å². The summed E-state index contributed by atoms with van der Waals surface area (Å²) >= 11 is 3.93. The fourth-order valence-electron chi connectivity index (χ4n) is 5.96. The van der Waals surface area contributed by atoms with Crippen LogP contribution >= 0.6 is 15.9 Å². The fourth-order valence-corrected chi connectivity index (χ4v) is 7.47. The molecule has 0 saturated heterocycles. The van der Waals surface area contributed by atoms with Crippen molar-refractivity contribution in [1.29, 1.82) is 0 Å². The van der Waals surface area contributed by atoms with Crippen molar-refractivity contribution in [2.45, 2.75) is 55.9 Å². The SMILES string of the molecule is O=C(COC(=O)CC12C[C@H]3C[C@@H](CC(Br)(C3)C1)C2)Nc1ccc(OC(F)F)cc1. The Morgan fingerprint density at radius 2 is 1.79 bits per heavy atom. The number of esters is 1. The predicted molar refractivity (Wildman–Crippen MR) is 106 cm³/mol. The Balaban J connectivity index is 1.25. The molecule has 4 saturated carbocycles. The molecule has 0 aliphatic heterocycles. The van der Waals surface area contributed by atoms with Crippen molar-refractivity contribution < 1.29 is 27.8 Å². The molecule has 29 heavy (non-hydrogen) atoms. The molecule has 158 valence electrons. The molecule has 2 atom stereocenters. The molecule has 0 radical (unpaired) electrons. The van der Waals surface area contributed by atoms with E-state index in [4.69, 9.17) is 4.74 Å². The Morgan fingerprint density at radius 1 is 1.14 bits per heavy atom. The number of carbonyl (C=O) groups is 2. The normalized spacial score (nSPS) is 32.3. The van der Waals surface area contributed by atoms with Crippen LogP contribution in [0.1, 0.15) is 44.9 Å². The lowest BCUT2D eigenvalue weighted by Crippen LogP contribution is -2.53. The maximum absolute atomic E-state index is 12.4. The first-order valence-electron chi connectivity index (χ1n) is 9.92. The molecule has 0 spiro atoms. The molecule has 5 rings (SSSR count). The van der Waals surface area contributed by atoms with E-state index in [0.29, 0.717) is 23.9 Å². The standard InChI is InChI=1S/C21H24BrF2NO4/c22-21-8-13-5-14(9-21)7-20(6-13,12-21)10-18(27)28-11-17(26)25-15-1-3-16(4-2-15)29-19(23)24/h1-4,13-14,19H,5-12H2,(H,25,26)/t13-,14-,20?,21?/m1/s1. The molecule has 0 aromatic heterocycles. The van der Waals surface area contributed by atoms with E-state index in [1.54, 1.807) is 0 Å². The van der Waals surface area contributed by atoms with E-state index in [9.17, 15) is 18.4 Å². The lowest BCUT2D eigenvalue weighted by atomic mass is 9.49. The summed E-state index contributed by atoms with van der Waals surface area (Å²) in [5, 5.41) is 2.58. The van der Waals surface area contributed by atoms with Gasteiger partial charge in [0.1, 0.15) is 5.75 Å². The first-order chi connectivity index (χ1) is 13.7. The first-order valence-corrected chi connectivity index (χ1v) is 10.7. The largest absolute Gasteiger partial charge is 0.456 e. The number of halogens is 3. The monoisotopic (exact) mass is 471 g/mol. The van der Waals surface area contributed by atoms with Gasteiger partial charge in [-0.15, -0.1) is 0 Å². The zero-order valence-corrected chi connectivity index (χ0v) is 17.6. The molecule has 1 amide bonds. The Bertz CT molecular complexity index is 771. The Hall–Kier alpha value is -1.70. The van der Waals surface area contributed by atoms with Gasteiger partial charge in [0.05, 0.1) is 6.42 Å². The van der Waals surface area contributed by atoms with Crippen molar-refractivity contribution in [3.63, 3.8) is 0 Å². The van der Waals surface area contributed by atoms with Gasteiger partial charge >= 0.3 is 12.6 Å². The van der Waals surface area contributed by atoms with Crippen LogP contribution in [-0.2, 0) is 14.3 Å². The van der Waals surface area contributed by atoms with Gasteiger partial charge in [0, 0.05) is 10.0 Å². The van der Waals surface area contributed by atoms with E-state index in [-0.39, 0.29) is 28.1 Å². The minimum atomic E-state index is -2.90. The van der Waals surface area contributed by atoms with Gasteiger partial charge < -0.3 is 14.8 Å². The van der Waals surface area contributed by atoms with Crippen LogP contribution in [0.4, 0.5) is 14.5 Å². The average molecular weight is 472 g/mol. The third-order valence-electron chi connectivity index (χ3n) is 6.36. The van der Waals surface area contributed by atoms with E-state index in [1.807, 2.05) is 0 Å². The smallest absolute Gasteiger partial charge is 0.387 e. The molecule has 1 N–H and O–H groups in total. The number of hydrogen-bond donors (Lipinski definition) is 1. The number of nitrogens with one attached hydrogen (secondary N) is 1. The zero-order valence-electron chi connectivity index (χ0n) is 16.0. The maximum Gasteiger partial charge on any atom is 0.387 e. The lowest BCUT2D eigenvalue weighted by Gasteiger charge is -2.60. The van der Waals surface area contributed by atoms with Gasteiger partial charge in [0.2, 0.25) is 0 Å². The third kappa shape index (κ3) is 4.90. The minimum absolute atomic E-state index is 0.00166. The molecular weight excluding hydrogens is 448 g/mol. The van der Waals surface area contributed by atoms with Crippen LogP contribution in [0.2, 0.25) is 0 Å². The van der Waals surface area contributed by atoms with E-state index in [2.05, 4.69) is 26.0 Å². The second-order valence-corrected chi connectivity index (χ2v) is 10.6. The molecule has 0 unspecified atom stereocenters. The summed E-state index contributed by atoms with van der Waals surface area (Å²) < 4.78 is 34.0. The molecule has 1 aromatic carbocycles. The van der Waals surface area contributed by atoms with Gasteiger partial charge in [-0.25, -0.2) is 0 Å². The number of benzene rings is 1. The van der Waals surface area contributed by atoms with Crippen LogP contribution in [0.3, 0.4) is 0 Å². The average Bonchev–Trinajstić information content (AvgIpc) is 2.59. The van der Waals surface area contributed by atoms with Crippen molar-refractivity contribution in [2.75, 3.05) is 11.9 Å². The minimum Gasteiger partial charge on any atom is -0.456 e. The maximum atomic E-state index is 12.4. The quantitative estimate of drug-likeness (QED) is 0.453. The van der Waals surface area contributed by atoms with E-state index in [0.717, 1.165) is 19.3 Å². The van der Waals surface area contributed by atoms with Crippen molar-refractivity contribution >= 4 is 33.5 Å². The summed E-state index contributed by atoms with van der Waals surface area (Å²) in [7, 11) is 0. The van der Waals surface area contributed by atoms with Crippen LogP contribution in [0.5, 0.6) is 5.75 Å². The van der Waals surface area contributed by atoms with E-state index < -0.39 is 12.5 Å². The Kier molecular flexibility index (Phi) is 5.57. The highest BCUT2D eigenvalue weighted by Crippen LogP contribution is 2.65. The van der Waals surface area contributed by atoms with E-state index in [1.165, 1.54) is 43.5 Å². The first kappa shape index (κ1) is 20.6. The van der Waals surface area contributed by atoms with Crippen LogP contribution in [0.15, 0.2) is 24.3 Å². The van der Waals surface area contributed by atoms with Crippen LogP contribution in [-0.4, -0.2) is 29.4 Å². The van der Waals surface area contributed by atoms with Gasteiger partial charge in [-0.3, -0.25) is 9.59 Å². The number of rotatable bonds is 7. The molecule has 8 heteroatoms. The number of carbonyl (C=O) groups excluding carboxylic acids is 2. The number of ether oxygens (including phenoxy) is 2. The fraction of sp³-hybridized carbons (Fsp3) is 0.619. The second-order valence-electron chi connectivity index (χ2n) is 8.90. The number of amides is 1. The summed E-state index contributed by atoms with van der Waals surface area (Å²) in [6.07, 6.45) is 7.18. The van der Waals surface area contributed by atoms with Crippen LogP contribution in [0.25, 0.3) is 0 Å². The molecule has 4 aliphatic carbocycles. The third-order valence-corrected chi connectivity index (χ3v) is 7.29. The highest BCUT2D eigenvalue weighted by molar-refractivity contribution is 9.10. The second kappa shape index (κ2) is 7.85. The Labute approximate surface area is 176 Å². The molecule has 1 aromatic rings. The summed E-state index contributed by atoms with van der Waals surface area (Å²) in [6, 6.07) is 5.55. The van der Waals surface area contributed by atoms with Crippen LogP contribution < -0.4 is 10.1 Å². The van der Waals surface area contributed by atoms with Crippen molar-refractivity contribution in [3.05, 3.63) is 24.3 Å². The molecule has 5 nitrogen and oxygen atoms in total. The van der Waals surface area contributed by atoms with Gasteiger partial charge in [-0.05, 0) is 80.0 Å². The molecule has 4 bridgehead atoms. The van der Waals surface area contributed by atoms with Crippen molar-refractivity contribution in [3.8, 4) is 5.75 Å². The molecular formula is C21H24BrF2NO4. The zero-order chi connectivity index (χ0) is 20.6. The number of hydrogen-bond acceptors (Lipinski definition) is 4. The van der Waals surface area contributed by atoms with Gasteiger partial charge in [0.15, 0.2) is 6.61 Å². The van der Waals surface area contributed by atoms with Gasteiger partial charge in [0.25, 0.3) is 5.91 Å². The summed E-state index contributed by atoms with van der Waals surface area (Å²) in [6.45, 7) is -3.26. The Morgan fingerprint density at radius 3 is 2.38 bits per heavy atom. The van der Waals surface area contributed by atoms with Gasteiger partial charge in [-0.1, -0.05) is 15.9 Å². The highest BCUT2D eigenvalue weighted by Gasteiger charge is 2.57. The lowest BCUT2D eigenvalue weighted by molar-refractivity contribution is -0.153. The summed E-state index contributed by atoms with van der Waals surface area (Å²) in [4.78, 5) is 24.5.